The van der Waals surface area contributed by atoms with Crippen LogP contribution in [0.1, 0.15) is 20.8 Å². The van der Waals surface area contributed by atoms with Crippen molar-refractivity contribution >= 4 is 6.47 Å². The van der Waals surface area contributed by atoms with Crippen LogP contribution < -0.4 is 0 Å². The molecule has 0 spiro atoms. The summed E-state index contributed by atoms with van der Waals surface area (Å²) >= 11 is 0. The summed E-state index contributed by atoms with van der Waals surface area (Å²) in [5.41, 5.74) is 1.07. The van der Waals surface area contributed by atoms with Crippen molar-refractivity contribution in [1.82, 2.24) is 0 Å². The van der Waals surface area contributed by atoms with Crippen molar-refractivity contribution in [3.05, 3.63) is 11.8 Å². The maximum atomic E-state index is 9.67. The Labute approximate surface area is 55.5 Å². The highest BCUT2D eigenvalue weighted by molar-refractivity contribution is 5.38. The van der Waals surface area contributed by atoms with Gasteiger partial charge in [-0.2, -0.15) is 0 Å². The van der Waals surface area contributed by atoms with Gasteiger partial charge < -0.3 is 4.74 Å². The van der Waals surface area contributed by atoms with Crippen molar-refractivity contribution < 1.29 is 9.53 Å². The molecule has 0 amide bonds. The van der Waals surface area contributed by atoms with Crippen LogP contribution in [0.3, 0.4) is 0 Å². The topological polar surface area (TPSA) is 26.3 Å². The fourth-order valence-corrected chi connectivity index (χ4v) is 0.271. The zero-order valence-corrected chi connectivity index (χ0v) is 6.05. The molecular weight excluding hydrogens is 116 g/mol. The lowest BCUT2D eigenvalue weighted by Gasteiger charge is -2.01. The van der Waals surface area contributed by atoms with E-state index in [4.69, 9.17) is 0 Å². The minimum Gasteiger partial charge on any atom is -0.437 e. The van der Waals surface area contributed by atoms with Crippen LogP contribution in [0.15, 0.2) is 11.8 Å². The third kappa shape index (κ3) is 3.76. The first-order valence-electron chi connectivity index (χ1n) is 2.94. The van der Waals surface area contributed by atoms with Gasteiger partial charge >= 0.3 is 0 Å². The van der Waals surface area contributed by atoms with Gasteiger partial charge in [0.05, 0.1) is 6.26 Å². The van der Waals surface area contributed by atoms with E-state index in [1.807, 2.05) is 20.8 Å². The Hall–Kier alpha value is -0.790. The Bertz CT molecular complexity index is 114. The minimum absolute atomic E-state index is 0.422. The van der Waals surface area contributed by atoms with Crippen molar-refractivity contribution in [2.45, 2.75) is 20.8 Å². The second kappa shape index (κ2) is 4.13. The molecule has 0 aliphatic carbocycles. The van der Waals surface area contributed by atoms with Crippen LogP contribution in [0, 0.1) is 5.92 Å². The molecule has 52 valence electrons. The van der Waals surface area contributed by atoms with Crippen molar-refractivity contribution in [2.24, 2.45) is 5.92 Å². The van der Waals surface area contributed by atoms with E-state index in [0.717, 1.165) is 5.57 Å². The molecule has 0 bridgehead atoms. The summed E-state index contributed by atoms with van der Waals surface area (Å²) in [5.74, 6) is 0.449. The summed E-state index contributed by atoms with van der Waals surface area (Å²) < 4.78 is 4.41. The zero-order chi connectivity index (χ0) is 7.28. The number of carbonyl (C=O) groups excluding carboxylic acids is 1. The number of hydrogen-bond donors (Lipinski definition) is 0. The van der Waals surface area contributed by atoms with Gasteiger partial charge in [-0.3, -0.25) is 4.79 Å². The van der Waals surface area contributed by atoms with E-state index >= 15 is 0 Å². The lowest BCUT2D eigenvalue weighted by Crippen LogP contribution is -1.89. The van der Waals surface area contributed by atoms with E-state index < -0.39 is 0 Å². The normalized spacial score (nSPS) is 11.8. The molecule has 0 N–H and O–H groups in total. The van der Waals surface area contributed by atoms with Crippen LogP contribution in [0.2, 0.25) is 0 Å². The van der Waals surface area contributed by atoms with E-state index in [2.05, 4.69) is 4.74 Å². The predicted molar refractivity (Wildman–Crippen MR) is 35.7 cm³/mol. The van der Waals surface area contributed by atoms with Crippen molar-refractivity contribution in [3.8, 4) is 0 Å². The molecule has 0 rings (SSSR count). The molecule has 0 fully saturated rings. The molecule has 0 unspecified atom stereocenters. The molecule has 2 heteroatoms. The lowest BCUT2D eigenvalue weighted by molar-refractivity contribution is -0.123. The standard InChI is InChI=1S/C7H12O2/c1-6(2)7(3)4-9-5-8/h4-6H,1-3H3. The number of rotatable bonds is 3. The molecule has 0 aromatic carbocycles. The summed E-state index contributed by atoms with van der Waals surface area (Å²) in [6, 6.07) is 0. The SMILES string of the molecule is CC(=COC=O)C(C)C. The van der Waals surface area contributed by atoms with Crippen LogP contribution in [-0.2, 0) is 9.53 Å². The van der Waals surface area contributed by atoms with Crippen LogP contribution in [-0.4, -0.2) is 6.47 Å². The zero-order valence-electron chi connectivity index (χ0n) is 6.05. The van der Waals surface area contributed by atoms with E-state index in [9.17, 15) is 4.79 Å². The van der Waals surface area contributed by atoms with Crippen molar-refractivity contribution in [3.63, 3.8) is 0 Å². The van der Waals surface area contributed by atoms with Gasteiger partial charge in [0.25, 0.3) is 6.47 Å². The molecule has 0 saturated heterocycles. The van der Waals surface area contributed by atoms with Crippen molar-refractivity contribution in [1.29, 1.82) is 0 Å². The number of carbonyl (C=O) groups is 1. The Morgan fingerprint density at radius 2 is 2.11 bits per heavy atom. The smallest absolute Gasteiger partial charge is 0.297 e. The largest absolute Gasteiger partial charge is 0.437 e. The first kappa shape index (κ1) is 8.21. The summed E-state index contributed by atoms with van der Waals surface area (Å²) in [5, 5.41) is 0. The number of allylic oxidation sites excluding steroid dienone is 1. The molecular formula is C7H12O2. The third-order valence-electron chi connectivity index (χ3n) is 1.22. The molecule has 0 atom stereocenters. The molecule has 0 saturated carbocycles. The summed E-state index contributed by atoms with van der Waals surface area (Å²) in [7, 11) is 0. The fraction of sp³-hybridized carbons (Fsp3) is 0.571. The molecule has 0 radical (unpaired) electrons. The van der Waals surface area contributed by atoms with Crippen LogP contribution in [0.25, 0.3) is 0 Å². The quantitative estimate of drug-likeness (QED) is 0.427. The van der Waals surface area contributed by atoms with Crippen molar-refractivity contribution in [2.75, 3.05) is 0 Å². The van der Waals surface area contributed by atoms with Crippen LogP contribution in [0.4, 0.5) is 0 Å². The van der Waals surface area contributed by atoms with E-state index in [0.29, 0.717) is 12.4 Å². The molecule has 2 nitrogen and oxygen atoms in total. The van der Waals surface area contributed by atoms with Gasteiger partial charge in [-0.05, 0) is 18.4 Å². The summed E-state index contributed by atoms with van der Waals surface area (Å²) in [4.78, 5) is 9.67. The van der Waals surface area contributed by atoms with Gasteiger partial charge in [-0.25, -0.2) is 0 Å². The highest BCUT2D eigenvalue weighted by Gasteiger charge is 1.93. The molecule has 9 heavy (non-hydrogen) atoms. The summed E-state index contributed by atoms with van der Waals surface area (Å²) in [6.45, 7) is 6.43. The third-order valence-corrected chi connectivity index (χ3v) is 1.22. The number of ether oxygens (including phenoxy) is 1. The van der Waals surface area contributed by atoms with Crippen LogP contribution >= 0.6 is 0 Å². The number of hydrogen-bond acceptors (Lipinski definition) is 2. The van der Waals surface area contributed by atoms with E-state index in [1.165, 1.54) is 6.26 Å². The second-order valence-corrected chi connectivity index (χ2v) is 2.25. The second-order valence-electron chi connectivity index (χ2n) is 2.25. The maximum Gasteiger partial charge on any atom is 0.297 e. The van der Waals surface area contributed by atoms with Gasteiger partial charge in [0, 0.05) is 0 Å². The van der Waals surface area contributed by atoms with Gasteiger partial charge in [0.15, 0.2) is 0 Å². The Balaban J connectivity index is 3.68. The Kier molecular flexibility index (Phi) is 3.76. The minimum atomic E-state index is 0.422. The highest BCUT2D eigenvalue weighted by atomic mass is 16.5. The Morgan fingerprint density at radius 3 is 2.44 bits per heavy atom. The molecule has 0 aliphatic rings. The predicted octanol–water partition coefficient (Wildman–Crippen LogP) is 1.72. The highest BCUT2D eigenvalue weighted by Crippen LogP contribution is 2.06. The van der Waals surface area contributed by atoms with Crippen LogP contribution in [0.5, 0.6) is 0 Å². The first-order chi connectivity index (χ1) is 4.18. The molecule has 0 aliphatic heterocycles. The maximum absolute atomic E-state index is 9.67. The first-order valence-corrected chi connectivity index (χ1v) is 2.94. The fourth-order valence-electron chi connectivity index (χ4n) is 0.271. The van der Waals surface area contributed by atoms with E-state index in [1.54, 1.807) is 0 Å². The summed E-state index contributed by atoms with van der Waals surface area (Å²) in [6.07, 6.45) is 1.47. The van der Waals surface area contributed by atoms with E-state index in [-0.39, 0.29) is 0 Å². The monoisotopic (exact) mass is 128 g/mol. The van der Waals surface area contributed by atoms with Gasteiger partial charge in [0.1, 0.15) is 0 Å². The lowest BCUT2D eigenvalue weighted by atomic mass is 10.1. The van der Waals surface area contributed by atoms with Gasteiger partial charge in [-0.15, -0.1) is 0 Å². The van der Waals surface area contributed by atoms with Gasteiger partial charge in [0.2, 0.25) is 0 Å². The Morgan fingerprint density at radius 1 is 1.56 bits per heavy atom. The molecule has 0 aromatic rings. The average molecular weight is 128 g/mol. The van der Waals surface area contributed by atoms with Gasteiger partial charge in [-0.1, -0.05) is 13.8 Å². The average Bonchev–Trinajstić information content (AvgIpc) is 1.82. The molecule has 0 heterocycles. The molecule has 0 aromatic heterocycles.